The van der Waals surface area contributed by atoms with Crippen molar-refractivity contribution in [2.45, 2.75) is 25.4 Å². The van der Waals surface area contributed by atoms with Crippen molar-refractivity contribution < 1.29 is 0 Å². The largest absolute Gasteiger partial charge is 0.399 e. The molecule has 0 unspecified atom stereocenters. The normalized spacial score (nSPS) is 14.5. The molecule has 4 heteroatoms. The van der Waals surface area contributed by atoms with E-state index >= 15 is 0 Å². The van der Waals surface area contributed by atoms with Crippen LogP contribution < -0.4 is 10.6 Å². The van der Waals surface area contributed by atoms with Crippen LogP contribution >= 0.6 is 11.3 Å². The highest BCUT2D eigenvalue weighted by atomic mass is 32.1. The number of benzene rings is 2. The average molecular weight is 295 g/mol. The fraction of sp³-hybridized carbons (Fsp3) is 0.235. The maximum absolute atomic E-state index is 5.89. The summed E-state index contributed by atoms with van der Waals surface area (Å²) >= 11 is 1.78. The summed E-state index contributed by atoms with van der Waals surface area (Å²) in [4.78, 5) is 7.24. The smallest absolute Gasteiger partial charge is 0.186 e. The number of fused-ring (bicyclic) bond motifs is 1. The molecule has 21 heavy (non-hydrogen) atoms. The third-order valence-electron chi connectivity index (χ3n) is 3.82. The average Bonchev–Trinajstić information content (AvgIpc) is 3.23. The number of nitrogens with zero attached hydrogens (tertiary/aromatic N) is 2. The maximum Gasteiger partial charge on any atom is 0.186 e. The van der Waals surface area contributed by atoms with Crippen molar-refractivity contribution in [2.75, 3.05) is 10.6 Å². The first-order valence-electron chi connectivity index (χ1n) is 7.26. The fourth-order valence-corrected chi connectivity index (χ4v) is 3.65. The Morgan fingerprint density at radius 3 is 2.76 bits per heavy atom. The summed E-state index contributed by atoms with van der Waals surface area (Å²) in [7, 11) is 0. The molecule has 0 amide bonds. The van der Waals surface area contributed by atoms with Crippen LogP contribution in [0.25, 0.3) is 10.2 Å². The summed E-state index contributed by atoms with van der Waals surface area (Å²) < 4.78 is 1.26. The van der Waals surface area contributed by atoms with Gasteiger partial charge in [0.2, 0.25) is 0 Å². The van der Waals surface area contributed by atoms with Crippen molar-refractivity contribution in [2.24, 2.45) is 0 Å². The van der Waals surface area contributed by atoms with E-state index in [2.05, 4.69) is 35.2 Å². The predicted molar refractivity (Wildman–Crippen MR) is 89.7 cm³/mol. The molecule has 106 valence electrons. The Morgan fingerprint density at radius 2 is 2.00 bits per heavy atom. The molecule has 0 radical (unpaired) electrons. The Labute approximate surface area is 128 Å². The molecule has 0 bridgehead atoms. The zero-order valence-electron chi connectivity index (χ0n) is 11.7. The van der Waals surface area contributed by atoms with Crippen molar-refractivity contribution in [3.8, 4) is 0 Å². The third kappa shape index (κ3) is 2.59. The van der Waals surface area contributed by atoms with E-state index in [4.69, 9.17) is 10.7 Å². The summed E-state index contributed by atoms with van der Waals surface area (Å²) in [5.74, 6) is 0. The first-order valence-corrected chi connectivity index (χ1v) is 8.08. The van der Waals surface area contributed by atoms with E-state index in [0.717, 1.165) is 22.9 Å². The lowest BCUT2D eigenvalue weighted by Gasteiger charge is -2.21. The van der Waals surface area contributed by atoms with Crippen LogP contribution in [0.2, 0.25) is 0 Å². The highest BCUT2D eigenvalue weighted by molar-refractivity contribution is 7.22. The van der Waals surface area contributed by atoms with Crippen molar-refractivity contribution in [3.63, 3.8) is 0 Å². The second-order valence-electron chi connectivity index (χ2n) is 5.57. The molecule has 2 N–H and O–H groups in total. The Kier molecular flexibility index (Phi) is 3.04. The van der Waals surface area contributed by atoms with E-state index in [1.165, 1.54) is 23.1 Å². The standard InChI is InChI=1S/C17H17N3S/c18-13-5-3-4-12(10-13)11-20(14-8-9-14)17-19-15-6-1-2-7-16(15)21-17/h1-7,10,14H,8-9,11,18H2. The van der Waals surface area contributed by atoms with Crippen LogP contribution in [0, 0.1) is 0 Å². The summed E-state index contributed by atoms with van der Waals surface area (Å²) in [6.45, 7) is 0.884. The summed E-state index contributed by atoms with van der Waals surface area (Å²) in [6, 6.07) is 17.1. The summed E-state index contributed by atoms with van der Waals surface area (Å²) in [6.07, 6.45) is 2.52. The highest BCUT2D eigenvalue weighted by Gasteiger charge is 2.31. The van der Waals surface area contributed by atoms with Gasteiger partial charge in [0.05, 0.1) is 10.2 Å². The number of hydrogen-bond donors (Lipinski definition) is 1. The van der Waals surface area contributed by atoms with Gasteiger partial charge in [0.1, 0.15) is 0 Å². The Bertz CT molecular complexity index is 743. The molecule has 1 aliphatic rings. The summed E-state index contributed by atoms with van der Waals surface area (Å²) in [5, 5.41) is 1.13. The Hall–Kier alpha value is -2.07. The lowest BCUT2D eigenvalue weighted by molar-refractivity contribution is 0.791. The van der Waals surface area contributed by atoms with Gasteiger partial charge in [-0.1, -0.05) is 35.6 Å². The minimum atomic E-state index is 0.631. The molecule has 0 aliphatic heterocycles. The molecule has 0 spiro atoms. The van der Waals surface area contributed by atoms with Gasteiger partial charge in [0.15, 0.2) is 5.13 Å². The van der Waals surface area contributed by atoms with Crippen molar-refractivity contribution in [3.05, 3.63) is 54.1 Å². The van der Waals surface area contributed by atoms with E-state index in [9.17, 15) is 0 Å². The van der Waals surface area contributed by atoms with Crippen LogP contribution in [0.1, 0.15) is 18.4 Å². The lowest BCUT2D eigenvalue weighted by Crippen LogP contribution is -2.24. The first kappa shape index (κ1) is 12.7. The highest BCUT2D eigenvalue weighted by Crippen LogP contribution is 2.37. The van der Waals surface area contributed by atoms with Crippen LogP contribution in [-0.4, -0.2) is 11.0 Å². The zero-order chi connectivity index (χ0) is 14.2. The molecule has 4 rings (SSSR count). The topological polar surface area (TPSA) is 42.1 Å². The van der Waals surface area contributed by atoms with Gasteiger partial charge in [0, 0.05) is 18.3 Å². The third-order valence-corrected chi connectivity index (χ3v) is 4.89. The van der Waals surface area contributed by atoms with Crippen molar-refractivity contribution in [1.82, 2.24) is 4.98 Å². The SMILES string of the molecule is Nc1cccc(CN(c2nc3ccccc3s2)C2CC2)c1. The van der Waals surface area contributed by atoms with Gasteiger partial charge in [-0.3, -0.25) is 0 Å². The molecular weight excluding hydrogens is 278 g/mol. The molecule has 1 saturated carbocycles. The minimum absolute atomic E-state index is 0.631. The number of anilines is 2. The quantitative estimate of drug-likeness (QED) is 0.738. The Morgan fingerprint density at radius 1 is 1.14 bits per heavy atom. The summed E-state index contributed by atoms with van der Waals surface area (Å²) in [5.41, 5.74) is 9.07. The van der Waals surface area contributed by atoms with E-state index < -0.39 is 0 Å². The number of nitrogen functional groups attached to an aromatic ring is 1. The number of nitrogens with two attached hydrogens (primary N) is 1. The zero-order valence-corrected chi connectivity index (χ0v) is 12.5. The fourth-order valence-electron chi connectivity index (χ4n) is 2.61. The lowest BCUT2D eigenvalue weighted by atomic mass is 10.2. The number of aromatic nitrogens is 1. The second kappa shape index (κ2) is 5.04. The predicted octanol–water partition coefficient (Wildman–Crippen LogP) is 4.05. The molecule has 1 fully saturated rings. The van der Waals surface area contributed by atoms with Gasteiger partial charge < -0.3 is 10.6 Å². The van der Waals surface area contributed by atoms with Gasteiger partial charge in [-0.25, -0.2) is 4.98 Å². The minimum Gasteiger partial charge on any atom is -0.399 e. The van der Waals surface area contributed by atoms with Crippen LogP contribution in [-0.2, 0) is 6.54 Å². The van der Waals surface area contributed by atoms with Gasteiger partial charge in [0.25, 0.3) is 0 Å². The van der Waals surface area contributed by atoms with E-state index in [0.29, 0.717) is 6.04 Å². The molecule has 2 aromatic carbocycles. The molecule has 0 atom stereocenters. The van der Waals surface area contributed by atoms with Gasteiger partial charge in [-0.05, 0) is 42.7 Å². The molecule has 1 aromatic heterocycles. The van der Waals surface area contributed by atoms with Gasteiger partial charge in [-0.2, -0.15) is 0 Å². The van der Waals surface area contributed by atoms with Crippen LogP contribution in [0.5, 0.6) is 0 Å². The molecule has 3 aromatic rings. The molecule has 3 nitrogen and oxygen atoms in total. The number of rotatable bonds is 4. The molecule has 1 heterocycles. The first-order chi connectivity index (χ1) is 10.3. The monoisotopic (exact) mass is 295 g/mol. The van der Waals surface area contributed by atoms with Crippen LogP contribution in [0.3, 0.4) is 0 Å². The van der Waals surface area contributed by atoms with Crippen LogP contribution in [0.15, 0.2) is 48.5 Å². The van der Waals surface area contributed by atoms with E-state index in [1.54, 1.807) is 11.3 Å². The maximum atomic E-state index is 5.89. The van der Waals surface area contributed by atoms with Crippen molar-refractivity contribution >= 4 is 32.4 Å². The second-order valence-corrected chi connectivity index (χ2v) is 6.58. The van der Waals surface area contributed by atoms with Crippen molar-refractivity contribution in [1.29, 1.82) is 0 Å². The molecular formula is C17H17N3S. The van der Waals surface area contributed by atoms with E-state index in [-0.39, 0.29) is 0 Å². The van der Waals surface area contributed by atoms with Gasteiger partial charge in [-0.15, -0.1) is 0 Å². The number of thiazole rings is 1. The number of para-hydroxylation sites is 1. The molecule has 1 aliphatic carbocycles. The van der Waals surface area contributed by atoms with E-state index in [1.807, 2.05) is 18.2 Å². The van der Waals surface area contributed by atoms with Gasteiger partial charge >= 0.3 is 0 Å². The number of hydrogen-bond acceptors (Lipinski definition) is 4. The Balaban J connectivity index is 1.68. The molecule has 0 saturated heterocycles. The van der Waals surface area contributed by atoms with Crippen LogP contribution in [0.4, 0.5) is 10.8 Å².